The summed E-state index contributed by atoms with van der Waals surface area (Å²) in [5.74, 6) is 0.273. The summed E-state index contributed by atoms with van der Waals surface area (Å²) in [4.78, 5) is 11.3. The molecule has 0 saturated heterocycles. The second-order valence-electron chi connectivity index (χ2n) is 2.67. The van der Waals surface area contributed by atoms with Gasteiger partial charge in [0.2, 0.25) is 0 Å². The van der Waals surface area contributed by atoms with Gasteiger partial charge in [0.25, 0.3) is 0 Å². The third-order valence-electron chi connectivity index (χ3n) is 1.78. The van der Waals surface area contributed by atoms with Gasteiger partial charge >= 0.3 is 0 Å². The van der Waals surface area contributed by atoms with E-state index in [-0.39, 0.29) is 5.78 Å². The van der Waals surface area contributed by atoms with Crippen LogP contribution in [0.2, 0.25) is 0 Å². The number of ketones is 1. The molecule has 1 rings (SSSR count). The lowest BCUT2D eigenvalue weighted by molar-refractivity contribution is 0.101. The second kappa shape index (κ2) is 4.42. The Morgan fingerprint density at radius 3 is 2.64 bits per heavy atom. The number of hydrogen-bond acceptors (Lipinski definition) is 3. The molecule has 0 bridgehead atoms. The molecule has 3 nitrogen and oxygen atoms in total. The summed E-state index contributed by atoms with van der Waals surface area (Å²) in [6, 6.07) is 5.37. The predicted octanol–water partition coefficient (Wildman–Crippen LogP) is 2.37. The minimum absolute atomic E-state index is 0.0941. The van der Waals surface area contributed by atoms with Crippen molar-refractivity contribution in [3.05, 3.63) is 26.8 Å². The molecule has 0 spiro atoms. The number of nitrogens with zero attached hydrogens (tertiary/aromatic N) is 1. The Kier molecular flexibility index (Phi) is 3.47. The first-order valence-corrected chi connectivity index (χ1v) is 4.97. The Hall–Kier alpha value is -1.09. The van der Waals surface area contributed by atoms with E-state index in [0.29, 0.717) is 16.9 Å². The van der Waals surface area contributed by atoms with Crippen molar-refractivity contribution in [2.24, 2.45) is 0 Å². The molecule has 0 saturated carbocycles. The van der Waals surface area contributed by atoms with E-state index in [1.165, 1.54) is 14.0 Å². The summed E-state index contributed by atoms with van der Waals surface area (Å²) in [7, 11) is 1.46. The summed E-state index contributed by atoms with van der Waals surface area (Å²) in [6.07, 6.45) is 0. The molecule has 0 radical (unpaired) electrons. The average molecular weight is 301 g/mol. The molecule has 0 heterocycles. The molecular formula is C10H8INO2. The first-order valence-electron chi connectivity index (χ1n) is 3.89. The maximum atomic E-state index is 11.3. The van der Waals surface area contributed by atoms with Crippen LogP contribution in [0.3, 0.4) is 0 Å². The van der Waals surface area contributed by atoms with E-state index in [1.54, 1.807) is 12.1 Å². The molecule has 14 heavy (non-hydrogen) atoms. The lowest BCUT2D eigenvalue weighted by Gasteiger charge is -2.08. The van der Waals surface area contributed by atoms with Crippen LogP contribution in [0, 0.1) is 14.9 Å². The van der Waals surface area contributed by atoms with E-state index < -0.39 is 0 Å². The first-order chi connectivity index (χ1) is 6.61. The fraction of sp³-hybridized carbons (Fsp3) is 0.200. The zero-order chi connectivity index (χ0) is 10.7. The molecule has 0 aromatic heterocycles. The van der Waals surface area contributed by atoms with Crippen LogP contribution in [0.4, 0.5) is 0 Å². The van der Waals surface area contributed by atoms with E-state index in [0.717, 1.165) is 3.57 Å². The smallest absolute Gasteiger partial charge is 0.164 e. The Bertz CT molecular complexity index is 421. The molecule has 0 N–H and O–H groups in total. The van der Waals surface area contributed by atoms with E-state index in [1.807, 2.05) is 28.7 Å². The van der Waals surface area contributed by atoms with E-state index in [2.05, 4.69) is 0 Å². The van der Waals surface area contributed by atoms with Crippen LogP contribution < -0.4 is 4.74 Å². The number of Topliss-reactive ketones (excluding diaryl/α,β-unsaturated/α-hetero) is 1. The van der Waals surface area contributed by atoms with Crippen molar-refractivity contribution in [3.63, 3.8) is 0 Å². The van der Waals surface area contributed by atoms with Gasteiger partial charge in [0.15, 0.2) is 5.78 Å². The standard InChI is InChI=1S/C10H8INO2/c1-6(13)9-8(11)4-3-7(5-12)10(9)14-2/h3-4H,1-2H3. The molecule has 0 atom stereocenters. The third kappa shape index (κ3) is 1.87. The highest BCUT2D eigenvalue weighted by molar-refractivity contribution is 14.1. The van der Waals surface area contributed by atoms with Crippen molar-refractivity contribution in [3.8, 4) is 11.8 Å². The van der Waals surface area contributed by atoms with Crippen LogP contribution in [0.15, 0.2) is 12.1 Å². The van der Waals surface area contributed by atoms with Crippen LogP contribution in [0.1, 0.15) is 22.8 Å². The summed E-state index contributed by atoms with van der Waals surface area (Å²) >= 11 is 2.05. The Morgan fingerprint density at radius 1 is 1.57 bits per heavy atom. The molecular weight excluding hydrogens is 293 g/mol. The van der Waals surface area contributed by atoms with Gasteiger partial charge in [-0.15, -0.1) is 0 Å². The highest BCUT2D eigenvalue weighted by atomic mass is 127. The molecule has 0 aliphatic carbocycles. The highest BCUT2D eigenvalue weighted by Crippen LogP contribution is 2.28. The summed E-state index contributed by atoms with van der Waals surface area (Å²) in [6.45, 7) is 1.46. The molecule has 0 aliphatic heterocycles. The first kappa shape index (κ1) is 11.0. The van der Waals surface area contributed by atoms with E-state index in [4.69, 9.17) is 10.00 Å². The van der Waals surface area contributed by atoms with Gasteiger partial charge in [0.1, 0.15) is 11.8 Å². The maximum Gasteiger partial charge on any atom is 0.164 e. The minimum Gasteiger partial charge on any atom is -0.495 e. The van der Waals surface area contributed by atoms with Gasteiger partial charge in [-0.1, -0.05) is 0 Å². The highest BCUT2D eigenvalue weighted by Gasteiger charge is 2.15. The van der Waals surface area contributed by atoms with Crippen molar-refractivity contribution in [1.82, 2.24) is 0 Å². The maximum absolute atomic E-state index is 11.3. The zero-order valence-electron chi connectivity index (χ0n) is 7.80. The second-order valence-corrected chi connectivity index (χ2v) is 3.83. The molecule has 0 unspecified atom stereocenters. The van der Waals surface area contributed by atoms with Gasteiger partial charge in [-0.2, -0.15) is 5.26 Å². The Balaban J connectivity index is 3.53. The van der Waals surface area contributed by atoms with Crippen LogP contribution in [0.5, 0.6) is 5.75 Å². The predicted molar refractivity (Wildman–Crippen MR) is 60.4 cm³/mol. The number of ether oxygens (including phenoxy) is 1. The third-order valence-corrected chi connectivity index (χ3v) is 2.68. The monoisotopic (exact) mass is 301 g/mol. The number of hydrogen-bond donors (Lipinski definition) is 0. The van der Waals surface area contributed by atoms with Gasteiger partial charge in [-0.25, -0.2) is 0 Å². The number of benzene rings is 1. The van der Waals surface area contributed by atoms with Crippen LogP contribution >= 0.6 is 22.6 Å². The van der Waals surface area contributed by atoms with E-state index >= 15 is 0 Å². The van der Waals surface area contributed by atoms with Crippen LogP contribution in [-0.2, 0) is 0 Å². The number of halogens is 1. The van der Waals surface area contributed by atoms with Crippen LogP contribution in [-0.4, -0.2) is 12.9 Å². The molecule has 0 aliphatic rings. The summed E-state index contributed by atoms with van der Waals surface area (Å²) in [5, 5.41) is 8.80. The van der Waals surface area contributed by atoms with Crippen molar-refractivity contribution in [1.29, 1.82) is 5.26 Å². The van der Waals surface area contributed by atoms with Gasteiger partial charge in [0.05, 0.1) is 18.2 Å². The molecule has 4 heteroatoms. The van der Waals surface area contributed by atoms with Crippen LogP contribution in [0.25, 0.3) is 0 Å². The number of rotatable bonds is 2. The topological polar surface area (TPSA) is 50.1 Å². The quantitative estimate of drug-likeness (QED) is 0.622. The van der Waals surface area contributed by atoms with Gasteiger partial charge in [-0.05, 0) is 41.6 Å². The van der Waals surface area contributed by atoms with Crippen molar-refractivity contribution < 1.29 is 9.53 Å². The Labute approximate surface area is 95.8 Å². The number of nitriles is 1. The van der Waals surface area contributed by atoms with Gasteiger partial charge in [-0.3, -0.25) is 4.79 Å². The molecule has 1 aromatic carbocycles. The lowest BCUT2D eigenvalue weighted by Crippen LogP contribution is -2.02. The molecule has 72 valence electrons. The molecule has 0 amide bonds. The lowest BCUT2D eigenvalue weighted by atomic mass is 10.1. The average Bonchev–Trinajstić information content (AvgIpc) is 2.16. The van der Waals surface area contributed by atoms with Crippen molar-refractivity contribution in [2.45, 2.75) is 6.92 Å². The largest absolute Gasteiger partial charge is 0.495 e. The Morgan fingerprint density at radius 2 is 2.21 bits per heavy atom. The van der Waals surface area contributed by atoms with Crippen molar-refractivity contribution in [2.75, 3.05) is 7.11 Å². The normalized spacial score (nSPS) is 9.29. The molecule has 0 fully saturated rings. The van der Waals surface area contributed by atoms with Gasteiger partial charge < -0.3 is 4.74 Å². The van der Waals surface area contributed by atoms with Gasteiger partial charge in [0, 0.05) is 3.57 Å². The SMILES string of the molecule is COc1c(C#N)ccc(I)c1C(C)=O. The van der Waals surface area contributed by atoms with E-state index in [9.17, 15) is 4.79 Å². The van der Waals surface area contributed by atoms with Crippen molar-refractivity contribution >= 4 is 28.4 Å². The number of carbonyl (C=O) groups is 1. The minimum atomic E-state index is -0.0941. The fourth-order valence-corrected chi connectivity index (χ4v) is 1.99. The summed E-state index contributed by atoms with van der Waals surface area (Å²) in [5.41, 5.74) is 0.866. The summed E-state index contributed by atoms with van der Waals surface area (Å²) < 4.78 is 5.86. The molecule has 1 aromatic rings. The number of carbonyl (C=O) groups excluding carboxylic acids is 1. The number of methoxy groups -OCH3 is 1. The zero-order valence-corrected chi connectivity index (χ0v) is 9.95. The fourth-order valence-electron chi connectivity index (χ4n) is 1.19.